The molecule has 1 saturated carbocycles. The summed E-state index contributed by atoms with van der Waals surface area (Å²) < 4.78 is 5.92. The van der Waals surface area contributed by atoms with E-state index in [1.54, 1.807) is 0 Å². The molecule has 2 aromatic carbocycles. The van der Waals surface area contributed by atoms with Crippen molar-refractivity contribution in [2.24, 2.45) is 5.92 Å². The van der Waals surface area contributed by atoms with Crippen molar-refractivity contribution in [1.82, 2.24) is 9.88 Å². The van der Waals surface area contributed by atoms with Gasteiger partial charge in [-0.15, -0.1) is 6.58 Å². The average molecular weight is 443 g/mol. The number of benzene rings is 2. The largest absolute Gasteiger partial charge is 0.492 e. The Bertz CT molecular complexity index is 1080. The Labute approximate surface area is 195 Å². The first-order chi connectivity index (χ1) is 15.7. The maximum absolute atomic E-state index is 5.95. The smallest absolute Gasteiger partial charge is 0.119 e. The van der Waals surface area contributed by atoms with Gasteiger partial charge >= 0.3 is 0 Å². The van der Waals surface area contributed by atoms with E-state index in [9.17, 15) is 0 Å². The van der Waals surface area contributed by atoms with E-state index in [1.807, 2.05) is 72.9 Å². The van der Waals surface area contributed by atoms with E-state index >= 15 is 0 Å². The lowest BCUT2D eigenvalue weighted by Gasteiger charge is -2.20. The van der Waals surface area contributed by atoms with Crippen LogP contribution in [0.1, 0.15) is 24.1 Å². The predicted molar refractivity (Wildman–Crippen MR) is 132 cm³/mol. The molecule has 0 saturated heterocycles. The Morgan fingerprint density at radius 1 is 1.00 bits per heavy atom. The molecule has 0 atom stereocenters. The molecular weight excluding hydrogens is 416 g/mol. The predicted octanol–water partition coefficient (Wildman–Crippen LogP) is 6.08. The van der Waals surface area contributed by atoms with Gasteiger partial charge in [-0.25, -0.2) is 4.98 Å². The Kier molecular flexibility index (Phi) is 7.61. The Hall–Kier alpha value is -3.06. The zero-order valence-corrected chi connectivity index (χ0v) is 18.9. The summed E-state index contributed by atoms with van der Waals surface area (Å²) in [4.78, 5) is 6.88. The van der Waals surface area contributed by atoms with Gasteiger partial charge in [0.1, 0.15) is 18.1 Å². The first kappa shape index (κ1) is 22.1. The summed E-state index contributed by atoms with van der Waals surface area (Å²) in [5, 5.41) is 0.726. The standard InChI is InChI=1S/C28H27ClN2O/c1-2-17-31(21-23-3-4-23)18-19-32-28-15-6-22(7-16-28)5-13-27-14-10-25(20-30-27)24-8-11-26(29)12-9-24/h2,6-12,14-16,20,23H,1,3-4,17-19,21H2. The van der Waals surface area contributed by atoms with Gasteiger partial charge in [-0.1, -0.05) is 41.8 Å². The number of nitrogens with zero attached hydrogens (tertiary/aromatic N) is 2. The lowest BCUT2D eigenvalue weighted by Crippen LogP contribution is -2.30. The molecule has 3 nitrogen and oxygen atoms in total. The van der Waals surface area contributed by atoms with Crippen molar-refractivity contribution in [1.29, 1.82) is 0 Å². The van der Waals surface area contributed by atoms with Gasteiger partial charge in [0.15, 0.2) is 0 Å². The van der Waals surface area contributed by atoms with Crippen molar-refractivity contribution in [3.63, 3.8) is 0 Å². The van der Waals surface area contributed by atoms with Crippen LogP contribution in [-0.2, 0) is 0 Å². The van der Waals surface area contributed by atoms with Crippen LogP contribution in [-0.4, -0.2) is 36.1 Å². The van der Waals surface area contributed by atoms with Gasteiger partial charge in [-0.2, -0.15) is 0 Å². The molecule has 32 heavy (non-hydrogen) atoms. The van der Waals surface area contributed by atoms with Crippen molar-refractivity contribution in [2.75, 3.05) is 26.2 Å². The SMILES string of the molecule is C=CCN(CCOc1ccc(C#Cc2ccc(-c3ccc(Cl)cc3)cn2)cc1)CC1CC1. The fraction of sp³-hybridized carbons (Fsp3) is 0.250. The molecule has 0 N–H and O–H groups in total. The highest BCUT2D eigenvalue weighted by Gasteiger charge is 2.23. The molecule has 1 aliphatic rings. The molecule has 4 heteroatoms. The third kappa shape index (κ3) is 6.72. The summed E-state index contributed by atoms with van der Waals surface area (Å²) in [6, 6.07) is 19.6. The van der Waals surface area contributed by atoms with E-state index in [0.29, 0.717) is 6.61 Å². The molecule has 1 fully saturated rings. The third-order valence-corrected chi connectivity index (χ3v) is 5.66. The topological polar surface area (TPSA) is 25.4 Å². The van der Waals surface area contributed by atoms with E-state index in [-0.39, 0.29) is 0 Å². The van der Waals surface area contributed by atoms with E-state index in [1.165, 1.54) is 12.8 Å². The lowest BCUT2D eigenvalue weighted by molar-refractivity contribution is 0.217. The van der Waals surface area contributed by atoms with Crippen LogP contribution in [0.15, 0.2) is 79.5 Å². The van der Waals surface area contributed by atoms with Gasteiger partial charge in [0.05, 0.1) is 0 Å². The zero-order valence-electron chi connectivity index (χ0n) is 18.1. The monoisotopic (exact) mass is 442 g/mol. The summed E-state index contributed by atoms with van der Waals surface area (Å²) in [5.41, 5.74) is 3.79. The van der Waals surface area contributed by atoms with E-state index in [0.717, 1.165) is 58.7 Å². The van der Waals surface area contributed by atoms with E-state index < -0.39 is 0 Å². The van der Waals surface area contributed by atoms with Crippen LogP contribution in [0.4, 0.5) is 0 Å². The fourth-order valence-electron chi connectivity index (χ4n) is 3.45. The average Bonchev–Trinajstić information content (AvgIpc) is 3.64. The molecule has 0 aliphatic heterocycles. The van der Waals surface area contributed by atoms with Crippen LogP contribution in [0.25, 0.3) is 11.1 Å². The molecule has 0 radical (unpaired) electrons. The molecule has 0 unspecified atom stereocenters. The van der Waals surface area contributed by atoms with Gasteiger partial charge in [0.2, 0.25) is 0 Å². The first-order valence-electron chi connectivity index (χ1n) is 11.0. The van der Waals surface area contributed by atoms with Gasteiger partial charge in [0, 0.05) is 42.0 Å². The number of hydrogen-bond acceptors (Lipinski definition) is 3. The van der Waals surface area contributed by atoms with Crippen molar-refractivity contribution in [2.45, 2.75) is 12.8 Å². The minimum atomic E-state index is 0.676. The first-order valence-corrected chi connectivity index (χ1v) is 11.4. The third-order valence-electron chi connectivity index (χ3n) is 5.41. The van der Waals surface area contributed by atoms with Crippen molar-refractivity contribution in [3.05, 3.63) is 95.8 Å². The van der Waals surface area contributed by atoms with Crippen LogP contribution in [0.2, 0.25) is 5.02 Å². The van der Waals surface area contributed by atoms with Crippen LogP contribution in [0, 0.1) is 17.8 Å². The molecule has 0 spiro atoms. The minimum Gasteiger partial charge on any atom is -0.492 e. The molecule has 0 bridgehead atoms. The Balaban J connectivity index is 1.29. The van der Waals surface area contributed by atoms with Crippen LogP contribution < -0.4 is 4.74 Å². The number of hydrogen-bond donors (Lipinski definition) is 0. The maximum Gasteiger partial charge on any atom is 0.119 e. The second kappa shape index (κ2) is 11.0. The number of rotatable bonds is 9. The van der Waals surface area contributed by atoms with Crippen molar-refractivity contribution >= 4 is 11.6 Å². The molecule has 4 rings (SSSR count). The summed E-state index contributed by atoms with van der Waals surface area (Å²) in [6.07, 6.45) is 6.52. The van der Waals surface area contributed by atoms with Gasteiger partial charge in [0.25, 0.3) is 0 Å². The highest BCUT2D eigenvalue weighted by atomic mass is 35.5. The highest BCUT2D eigenvalue weighted by molar-refractivity contribution is 6.30. The van der Waals surface area contributed by atoms with Gasteiger partial charge in [-0.05, 0) is 72.7 Å². The quantitative estimate of drug-likeness (QED) is 0.296. The van der Waals surface area contributed by atoms with Crippen molar-refractivity contribution < 1.29 is 4.74 Å². The molecule has 3 aromatic rings. The molecule has 162 valence electrons. The molecular formula is C28H27ClN2O. The summed E-state index contributed by atoms with van der Waals surface area (Å²) >= 11 is 5.95. The minimum absolute atomic E-state index is 0.676. The van der Waals surface area contributed by atoms with Gasteiger partial charge < -0.3 is 4.74 Å². The molecule has 1 heterocycles. The Morgan fingerprint density at radius 3 is 2.41 bits per heavy atom. The maximum atomic E-state index is 5.95. The molecule has 1 aliphatic carbocycles. The van der Waals surface area contributed by atoms with Crippen molar-refractivity contribution in [3.8, 4) is 28.7 Å². The van der Waals surface area contributed by atoms with E-state index in [4.69, 9.17) is 16.3 Å². The van der Waals surface area contributed by atoms with E-state index in [2.05, 4.69) is 28.3 Å². The van der Waals surface area contributed by atoms with Crippen LogP contribution in [0.3, 0.4) is 0 Å². The highest BCUT2D eigenvalue weighted by Crippen LogP contribution is 2.29. The molecule has 1 aromatic heterocycles. The second-order valence-electron chi connectivity index (χ2n) is 8.05. The number of ether oxygens (including phenoxy) is 1. The second-order valence-corrected chi connectivity index (χ2v) is 8.49. The van der Waals surface area contributed by atoms with Gasteiger partial charge in [-0.3, -0.25) is 4.90 Å². The number of pyridine rings is 1. The molecule has 0 amide bonds. The number of aromatic nitrogens is 1. The zero-order chi connectivity index (χ0) is 22.2. The fourth-order valence-corrected chi connectivity index (χ4v) is 3.58. The summed E-state index contributed by atoms with van der Waals surface area (Å²) in [7, 11) is 0. The normalized spacial score (nSPS) is 12.8. The lowest BCUT2D eigenvalue weighted by atomic mass is 10.1. The van der Waals surface area contributed by atoms with Crippen LogP contribution >= 0.6 is 11.6 Å². The number of halogens is 1. The summed E-state index contributed by atoms with van der Waals surface area (Å²) in [5.74, 6) is 8.03. The summed E-state index contributed by atoms with van der Waals surface area (Å²) in [6.45, 7) is 7.53. The van der Waals surface area contributed by atoms with Crippen LogP contribution in [0.5, 0.6) is 5.75 Å². The Morgan fingerprint density at radius 2 is 1.75 bits per heavy atom.